The fraction of sp³-hybridized carbons (Fsp3) is 0.360. The van der Waals surface area contributed by atoms with Crippen LogP contribution >= 0.6 is 22.6 Å². The molecule has 0 radical (unpaired) electrons. The van der Waals surface area contributed by atoms with Crippen LogP contribution in [0.3, 0.4) is 0 Å². The number of ether oxygens (including phenoxy) is 3. The molecule has 0 aliphatic carbocycles. The zero-order valence-corrected chi connectivity index (χ0v) is 21.7. The van der Waals surface area contributed by atoms with Crippen molar-refractivity contribution in [3.8, 4) is 5.75 Å². The van der Waals surface area contributed by atoms with Gasteiger partial charge in [0.1, 0.15) is 23.8 Å². The van der Waals surface area contributed by atoms with Crippen molar-refractivity contribution in [2.45, 2.75) is 46.6 Å². The highest BCUT2D eigenvalue weighted by Gasteiger charge is 2.31. The first-order chi connectivity index (χ1) is 15.6. The second-order valence-corrected chi connectivity index (χ2v) is 9.63. The van der Waals surface area contributed by atoms with E-state index in [4.69, 9.17) is 14.2 Å². The van der Waals surface area contributed by atoms with Crippen molar-refractivity contribution in [3.05, 3.63) is 63.4 Å². The topological polar surface area (TPSA) is 70.0 Å². The standard InChI is InChI=1S/C25H29IN2O5/c1-6-32-16-28-21-10-8-7-9-17(21)14-22(28)23(29)27(24(30)33-25(2,3)4)15-18-13-19(31-5)11-12-20(18)26/h7-14H,6,15-16H2,1-5H3. The first kappa shape index (κ1) is 25.0. The molecule has 8 heteroatoms. The molecule has 0 aliphatic heterocycles. The number of hydrogen-bond donors (Lipinski definition) is 0. The van der Waals surface area contributed by atoms with Crippen molar-refractivity contribution >= 4 is 45.5 Å². The lowest BCUT2D eigenvalue weighted by atomic mass is 10.2. The number of imide groups is 1. The molecule has 1 aromatic heterocycles. The SMILES string of the molecule is CCOCn1c(C(=O)N(Cc2cc(OC)ccc2I)C(=O)OC(C)(C)C)cc2ccccc21. The fourth-order valence-electron chi connectivity index (χ4n) is 3.35. The fourth-order valence-corrected chi connectivity index (χ4v) is 3.86. The van der Waals surface area contributed by atoms with Gasteiger partial charge in [0.05, 0.1) is 19.2 Å². The minimum absolute atomic E-state index is 0.0411. The number of aromatic nitrogens is 1. The van der Waals surface area contributed by atoms with Gasteiger partial charge in [0.15, 0.2) is 0 Å². The molecule has 3 rings (SSSR count). The van der Waals surface area contributed by atoms with Crippen molar-refractivity contribution in [2.24, 2.45) is 0 Å². The zero-order valence-electron chi connectivity index (χ0n) is 19.6. The molecule has 7 nitrogen and oxygen atoms in total. The number of methoxy groups -OCH3 is 1. The molecule has 0 spiro atoms. The second-order valence-electron chi connectivity index (χ2n) is 8.47. The van der Waals surface area contributed by atoms with Crippen LogP contribution in [-0.2, 0) is 22.7 Å². The maximum atomic E-state index is 13.8. The van der Waals surface area contributed by atoms with Gasteiger partial charge in [0.25, 0.3) is 5.91 Å². The summed E-state index contributed by atoms with van der Waals surface area (Å²) in [7, 11) is 1.58. The summed E-state index contributed by atoms with van der Waals surface area (Å²) in [6.45, 7) is 7.95. The lowest BCUT2D eigenvalue weighted by molar-refractivity contribution is 0.0216. The van der Waals surface area contributed by atoms with Gasteiger partial charge in [-0.15, -0.1) is 0 Å². The van der Waals surface area contributed by atoms with E-state index in [1.54, 1.807) is 38.5 Å². The summed E-state index contributed by atoms with van der Waals surface area (Å²) in [4.78, 5) is 28.1. The third kappa shape index (κ3) is 6.05. The van der Waals surface area contributed by atoms with Gasteiger partial charge in [0, 0.05) is 15.6 Å². The van der Waals surface area contributed by atoms with E-state index >= 15 is 0 Å². The lowest BCUT2D eigenvalue weighted by Gasteiger charge is -2.27. The van der Waals surface area contributed by atoms with Crippen molar-refractivity contribution < 1.29 is 23.8 Å². The first-order valence-electron chi connectivity index (χ1n) is 10.7. The number of rotatable bonds is 7. The quantitative estimate of drug-likeness (QED) is 0.338. The Morgan fingerprint density at radius 2 is 1.82 bits per heavy atom. The van der Waals surface area contributed by atoms with E-state index < -0.39 is 17.6 Å². The lowest BCUT2D eigenvalue weighted by Crippen LogP contribution is -2.41. The number of fused-ring (bicyclic) bond motifs is 1. The van der Waals surface area contributed by atoms with Gasteiger partial charge in [-0.1, -0.05) is 18.2 Å². The van der Waals surface area contributed by atoms with Crippen molar-refractivity contribution in [3.63, 3.8) is 0 Å². The molecule has 0 saturated carbocycles. The van der Waals surface area contributed by atoms with Gasteiger partial charge in [-0.3, -0.25) is 4.79 Å². The second kappa shape index (κ2) is 10.6. The predicted molar refractivity (Wildman–Crippen MR) is 135 cm³/mol. The highest BCUT2D eigenvalue weighted by atomic mass is 127. The van der Waals surface area contributed by atoms with E-state index in [1.807, 2.05) is 49.4 Å². The van der Waals surface area contributed by atoms with Gasteiger partial charge in [-0.05, 0) is 86.2 Å². The third-order valence-corrected chi connectivity index (χ3v) is 5.95. The minimum atomic E-state index is -0.755. The highest BCUT2D eigenvalue weighted by molar-refractivity contribution is 14.1. The van der Waals surface area contributed by atoms with Crippen LogP contribution in [0.25, 0.3) is 10.9 Å². The maximum Gasteiger partial charge on any atom is 0.417 e. The van der Waals surface area contributed by atoms with Crippen LogP contribution in [0, 0.1) is 3.57 Å². The minimum Gasteiger partial charge on any atom is -0.497 e. The summed E-state index contributed by atoms with van der Waals surface area (Å²) in [6, 6.07) is 15.0. The number of carbonyl (C=O) groups excluding carboxylic acids is 2. The predicted octanol–water partition coefficient (Wildman–Crippen LogP) is 5.83. The molecule has 176 valence electrons. The number of nitrogens with zero attached hydrogens (tertiary/aromatic N) is 2. The number of hydrogen-bond acceptors (Lipinski definition) is 5. The molecule has 0 fully saturated rings. The Morgan fingerprint density at radius 3 is 2.48 bits per heavy atom. The average Bonchev–Trinajstić information content (AvgIpc) is 3.14. The Labute approximate surface area is 207 Å². The number of halogens is 1. The largest absolute Gasteiger partial charge is 0.497 e. The molecular weight excluding hydrogens is 535 g/mol. The average molecular weight is 564 g/mol. The van der Waals surface area contributed by atoms with Crippen LogP contribution in [0.4, 0.5) is 4.79 Å². The molecule has 1 heterocycles. The van der Waals surface area contributed by atoms with Gasteiger partial charge >= 0.3 is 6.09 Å². The Hall–Kier alpha value is -2.59. The summed E-state index contributed by atoms with van der Waals surface area (Å²) in [6.07, 6.45) is -0.709. The van der Waals surface area contributed by atoms with Gasteiger partial charge < -0.3 is 18.8 Å². The molecule has 3 aromatic rings. The molecular formula is C25H29IN2O5. The van der Waals surface area contributed by atoms with E-state index in [-0.39, 0.29) is 13.3 Å². The highest BCUT2D eigenvalue weighted by Crippen LogP contribution is 2.26. The Kier molecular flexibility index (Phi) is 8.01. The number of carbonyl (C=O) groups is 2. The third-order valence-electron chi connectivity index (χ3n) is 4.89. The Balaban J connectivity index is 2.07. The monoisotopic (exact) mass is 564 g/mol. The Morgan fingerprint density at radius 1 is 1.09 bits per heavy atom. The summed E-state index contributed by atoms with van der Waals surface area (Å²) in [5, 5.41) is 0.889. The molecule has 2 amide bonds. The van der Waals surface area contributed by atoms with Crippen LogP contribution < -0.4 is 4.74 Å². The molecule has 2 aromatic carbocycles. The van der Waals surface area contributed by atoms with Crippen LogP contribution in [-0.4, -0.2) is 40.8 Å². The summed E-state index contributed by atoms with van der Waals surface area (Å²) in [5.74, 6) is 0.186. The van der Waals surface area contributed by atoms with Crippen LogP contribution in [0.1, 0.15) is 43.7 Å². The van der Waals surface area contributed by atoms with Gasteiger partial charge in [-0.25, -0.2) is 9.69 Å². The number of para-hydroxylation sites is 1. The maximum absolute atomic E-state index is 13.8. The number of benzene rings is 2. The van der Waals surface area contributed by atoms with E-state index in [9.17, 15) is 9.59 Å². The van der Waals surface area contributed by atoms with Crippen LogP contribution in [0.5, 0.6) is 5.75 Å². The summed E-state index contributed by atoms with van der Waals surface area (Å²) < 4.78 is 19.3. The van der Waals surface area contributed by atoms with Crippen molar-refractivity contribution in [1.29, 1.82) is 0 Å². The van der Waals surface area contributed by atoms with Crippen LogP contribution in [0.15, 0.2) is 48.5 Å². The molecule has 0 unspecified atom stereocenters. The van der Waals surface area contributed by atoms with Gasteiger partial charge in [0.2, 0.25) is 0 Å². The molecule has 0 atom stereocenters. The van der Waals surface area contributed by atoms with E-state index in [0.717, 1.165) is 24.9 Å². The van der Waals surface area contributed by atoms with Crippen molar-refractivity contribution in [2.75, 3.05) is 13.7 Å². The summed E-state index contributed by atoms with van der Waals surface area (Å²) in [5.41, 5.74) is 1.24. The molecule has 0 aliphatic rings. The van der Waals surface area contributed by atoms with E-state index in [2.05, 4.69) is 22.6 Å². The smallest absolute Gasteiger partial charge is 0.417 e. The van der Waals surface area contributed by atoms with Crippen molar-refractivity contribution in [1.82, 2.24) is 9.47 Å². The van der Waals surface area contributed by atoms with Gasteiger partial charge in [-0.2, -0.15) is 0 Å². The molecule has 0 N–H and O–H groups in total. The van der Waals surface area contributed by atoms with E-state index in [0.29, 0.717) is 18.1 Å². The molecule has 33 heavy (non-hydrogen) atoms. The zero-order chi connectivity index (χ0) is 24.2. The number of amides is 2. The first-order valence-corrected chi connectivity index (χ1v) is 11.8. The normalized spacial score (nSPS) is 11.5. The van der Waals surface area contributed by atoms with Crippen LogP contribution in [0.2, 0.25) is 0 Å². The molecule has 0 bridgehead atoms. The molecule has 0 saturated heterocycles. The summed E-state index contributed by atoms with van der Waals surface area (Å²) >= 11 is 2.18. The van der Waals surface area contributed by atoms with E-state index in [1.165, 1.54) is 0 Å². The Bertz CT molecular complexity index is 1150.